The van der Waals surface area contributed by atoms with Crippen LogP contribution in [0, 0.1) is 11.3 Å². The molecule has 0 radical (unpaired) electrons. The maximum Gasteiger partial charge on any atom is 0.219 e. The standard InChI is InChI=1S/C31H35N3O3/c1-22(35)34(3)17-16-33(2)20-29-26-14-9-15-27(26)31(18-30(29)36-4)37-21-24-12-8-13-25(28(24)19-32)23-10-6-5-7-11-23/h5-8,10-13,18H,9,14-17,20-21H2,1-4H3. The number of carbonyl (C=O) groups excluding carboxylic acids is 1. The fraction of sp³-hybridized carbons (Fsp3) is 0.355. The zero-order valence-electron chi connectivity index (χ0n) is 22.2. The lowest BCUT2D eigenvalue weighted by molar-refractivity contribution is -0.127. The average Bonchev–Trinajstić information content (AvgIpc) is 3.41. The molecular formula is C31H35N3O3. The summed E-state index contributed by atoms with van der Waals surface area (Å²) in [7, 11) is 5.60. The van der Waals surface area contributed by atoms with Crippen molar-refractivity contribution < 1.29 is 14.3 Å². The van der Waals surface area contributed by atoms with Crippen LogP contribution < -0.4 is 9.47 Å². The summed E-state index contributed by atoms with van der Waals surface area (Å²) in [5, 5.41) is 9.97. The first kappa shape index (κ1) is 26.2. The molecule has 0 bridgehead atoms. The van der Waals surface area contributed by atoms with Crippen molar-refractivity contribution in [2.24, 2.45) is 0 Å². The highest BCUT2D eigenvalue weighted by Crippen LogP contribution is 2.40. The number of hydrogen-bond donors (Lipinski definition) is 0. The second-order valence-electron chi connectivity index (χ2n) is 9.65. The van der Waals surface area contributed by atoms with Gasteiger partial charge in [-0.25, -0.2) is 0 Å². The number of nitriles is 1. The summed E-state index contributed by atoms with van der Waals surface area (Å²) in [4.78, 5) is 15.5. The van der Waals surface area contributed by atoms with Crippen LogP contribution in [0.3, 0.4) is 0 Å². The van der Waals surface area contributed by atoms with E-state index in [1.807, 2.05) is 61.6 Å². The van der Waals surface area contributed by atoms with E-state index in [9.17, 15) is 10.1 Å². The monoisotopic (exact) mass is 497 g/mol. The van der Waals surface area contributed by atoms with Gasteiger partial charge < -0.3 is 19.3 Å². The minimum atomic E-state index is 0.0715. The second kappa shape index (κ2) is 11.9. The van der Waals surface area contributed by atoms with Gasteiger partial charge in [0.2, 0.25) is 5.91 Å². The Labute approximate surface area is 220 Å². The van der Waals surface area contributed by atoms with E-state index in [-0.39, 0.29) is 5.91 Å². The van der Waals surface area contributed by atoms with Crippen LogP contribution in [0.15, 0.2) is 54.6 Å². The van der Waals surface area contributed by atoms with Gasteiger partial charge in [-0.3, -0.25) is 4.79 Å². The van der Waals surface area contributed by atoms with Crippen LogP contribution in [0.25, 0.3) is 11.1 Å². The fourth-order valence-corrected chi connectivity index (χ4v) is 4.97. The average molecular weight is 498 g/mol. The van der Waals surface area contributed by atoms with Crippen molar-refractivity contribution in [2.75, 3.05) is 34.3 Å². The molecule has 3 aromatic rings. The predicted octanol–water partition coefficient (Wildman–Crippen LogP) is 5.21. The number of carbonyl (C=O) groups is 1. The third-order valence-electron chi connectivity index (χ3n) is 7.17. The van der Waals surface area contributed by atoms with Crippen LogP contribution in [0.2, 0.25) is 0 Å². The minimum Gasteiger partial charge on any atom is -0.496 e. The summed E-state index contributed by atoms with van der Waals surface area (Å²) in [6.45, 7) is 4.11. The van der Waals surface area contributed by atoms with E-state index >= 15 is 0 Å². The van der Waals surface area contributed by atoms with Crippen molar-refractivity contribution in [3.8, 4) is 28.7 Å². The highest BCUT2D eigenvalue weighted by atomic mass is 16.5. The Hall–Kier alpha value is -3.82. The van der Waals surface area contributed by atoms with Gasteiger partial charge in [-0.2, -0.15) is 5.26 Å². The quantitative estimate of drug-likeness (QED) is 0.385. The number of ether oxygens (including phenoxy) is 2. The lowest BCUT2D eigenvalue weighted by Gasteiger charge is -2.24. The Morgan fingerprint density at radius 2 is 1.76 bits per heavy atom. The molecule has 6 nitrogen and oxygen atoms in total. The zero-order chi connectivity index (χ0) is 26.4. The van der Waals surface area contributed by atoms with Gasteiger partial charge in [0.05, 0.1) is 12.7 Å². The van der Waals surface area contributed by atoms with Crippen LogP contribution >= 0.6 is 0 Å². The van der Waals surface area contributed by atoms with Crippen molar-refractivity contribution in [3.63, 3.8) is 0 Å². The van der Waals surface area contributed by atoms with Crippen LogP contribution in [0.1, 0.15) is 41.2 Å². The molecule has 3 aromatic carbocycles. The summed E-state index contributed by atoms with van der Waals surface area (Å²) in [6, 6.07) is 20.3. The van der Waals surface area contributed by atoms with Crippen molar-refractivity contribution >= 4 is 5.91 Å². The van der Waals surface area contributed by atoms with Crippen molar-refractivity contribution in [3.05, 3.63) is 82.4 Å². The molecule has 0 N–H and O–H groups in total. The predicted molar refractivity (Wildman–Crippen MR) is 146 cm³/mol. The largest absolute Gasteiger partial charge is 0.496 e. The molecule has 1 amide bonds. The Balaban J connectivity index is 1.56. The Morgan fingerprint density at radius 3 is 2.46 bits per heavy atom. The van der Waals surface area contributed by atoms with Gasteiger partial charge in [-0.05, 0) is 48.6 Å². The van der Waals surface area contributed by atoms with E-state index in [2.05, 4.69) is 18.0 Å². The van der Waals surface area contributed by atoms with E-state index in [1.165, 1.54) is 16.7 Å². The number of methoxy groups -OCH3 is 1. The highest BCUT2D eigenvalue weighted by molar-refractivity contribution is 5.73. The van der Waals surface area contributed by atoms with E-state index in [0.29, 0.717) is 18.7 Å². The van der Waals surface area contributed by atoms with Gasteiger partial charge in [0.25, 0.3) is 0 Å². The van der Waals surface area contributed by atoms with Crippen LogP contribution in [-0.2, 0) is 30.8 Å². The van der Waals surface area contributed by atoms with E-state index in [1.54, 1.807) is 18.9 Å². The number of benzene rings is 3. The zero-order valence-corrected chi connectivity index (χ0v) is 22.2. The van der Waals surface area contributed by atoms with Crippen LogP contribution in [0.4, 0.5) is 0 Å². The molecule has 6 heteroatoms. The molecule has 37 heavy (non-hydrogen) atoms. The molecule has 0 aliphatic heterocycles. The van der Waals surface area contributed by atoms with E-state index in [4.69, 9.17) is 9.47 Å². The van der Waals surface area contributed by atoms with Crippen molar-refractivity contribution in [1.82, 2.24) is 9.80 Å². The minimum absolute atomic E-state index is 0.0715. The Bertz CT molecular complexity index is 1300. The van der Waals surface area contributed by atoms with Crippen molar-refractivity contribution in [2.45, 2.75) is 39.3 Å². The molecular weight excluding hydrogens is 462 g/mol. The number of amides is 1. The molecule has 0 spiro atoms. The molecule has 0 saturated carbocycles. The molecule has 1 aliphatic carbocycles. The smallest absolute Gasteiger partial charge is 0.219 e. The molecule has 0 fully saturated rings. The molecule has 0 heterocycles. The first-order valence-corrected chi connectivity index (χ1v) is 12.7. The van der Waals surface area contributed by atoms with E-state index < -0.39 is 0 Å². The molecule has 0 saturated heterocycles. The lowest BCUT2D eigenvalue weighted by atomic mass is 9.96. The third kappa shape index (κ3) is 5.95. The van der Waals surface area contributed by atoms with Crippen molar-refractivity contribution in [1.29, 1.82) is 5.26 Å². The summed E-state index contributed by atoms with van der Waals surface area (Å²) >= 11 is 0. The van der Waals surface area contributed by atoms with E-state index in [0.717, 1.165) is 60.5 Å². The number of likely N-dealkylation sites (N-methyl/N-ethyl adjacent to an activating group) is 2. The Morgan fingerprint density at radius 1 is 1.00 bits per heavy atom. The van der Waals surface area contributed by atoms with Gasteiger partial charge >= 0.3 is 0 Å². The molecule has 4 rings (SSSR count). The van der Waals surface area contributed by atoms with Gasteiger partial charge in [-0.1, -0.05) is 48.5 Å². The first-order chi connectivity index (χ1) is 17.9. The second-order valence-corrected chi connectivity index (χ2v) is 9.65. The normalized spacial score (nSPS) is 12.2. The molecule has 0 aromatic heterocycles. The molecule has 0 unspecified atom stereocenters. The first-order valence-electron chi connectivity index (χ1n) is 12.7. The summed E-state index contributed by atoms with van der Waals surface area (Å²) in [6.07, 6.45) is 3.04. The maximum atomic E-state index is 11.6. The SMILES string of the molecule is COc1cc(OCc2cccc(-c3ccccc3)c2C#N)c2c(c1CN(C)CCN(C)C(C)=O)CCC2. The molecule has 0 atom stereocenters. The highest BCUT2D eigenvalue weighted by Gasteiger charge is 2.24. The van der Waals surface area contributed by atoms with Gasteiger partial charge in [0.15, 0.2) is 0 Å². The van der Waals surface area contributed by atoms with Crippen LogP contribution in [-0.4, -0.2) is 50.0 Å². The summed E-state index contributed by atoms with van der Waals surface area (Å²) < 4.78 is 12.2. The number of hydrogen-bond acceptors (Lipinski definition) is 5. The van der Waals surface area contributed by atoms with Gasteiger partial charge in [0, 0.05) is 50.8 Å². The number of fused-ring (bicyclic) bond motifs is 1. The van der Waals surface area contributed by atoms with Gasteiger partial charge in [0.1, 0.15) is 24.2 Å². The summed E-state index contributed by atoms with van der Waals surface area (Å²) in [5.74, 6) is 1.73. The Kier molecular flexibility index (Phi) is 8.47. The maximum absolute atomic E-state index is 11.6. The summed E-state index contributed by atoms with van der Waals surface area (Å²) in [5.41, 5.74) is 7.19. The lowest BCUT2D eigenvalue weighted by Crippen LogP contribution is -2.33. The topological polar surface area (TPSA) is 65.8 Å². The van der Waals surface area contributed by atoms with Gasteiger partial charge in [-0.15, -0.1) is 0 Å². The number of rotatable bonds is 10. The number of nitrogens with zero attached hydrogens (tertiary/aromatic N) is 3. The van der Waals surface area contributed by atoms with Crippen LogP contribution in [0.5, 0.6) is 11.5 Å². The fourth-order valence-electron chi connectivity index (χ4n) is 4.97. The third-order valence-corrected chi connectivity index (χ3v) is 7.17. The molecule has 1 aliphatic rings. The molecule has 192 valence electrons.